The molecular weight excluding hydrogens is 514 g/mol. The van der Waals surface area contributed by atoms with E-state index in [-0.39, 0.29) is 5.91 Å². The lowest BCUT2D eigenvalue weighted by Gasteiger charge is -2.24. The van der Waals surface area contributed by atoms with Gasteiger partial charge < -0.3 is 20.8 Å². The normalized spacial score (nSPS) is 17.3. The van der Waals surface area contributed by atoms with Crippen LogP contribution in [0.15, 0.2) is 60.7 Å². The van der Waals surface area contributed by atoms with Gasteiger partial charge in [-0.15, -0.1) is 0 Å². The molecule has 0 bridgehead atoms. The summed E-state index contributed by atoms with van der Waals surface area (Å²) in [6.07, 6.45) is 18.5. The van der Waals surface area contributed by atoms with Crippen molar-refractivity contribution in [2.24, 2.45) is 17.4 Å². The number of rotatable bonds is 10. The van der Waals surface area contributed by atoms with Crippen LogP contribution >= 0.6 is 0 Å². The summed E-state index contributed by atoms with van der Waals surface area (Å²) in [5, 5.41) is 1.17. The molecule has 4 N–H and O–H groups in total. The van der Waals surface area contributed by atoms with Crippen molar-refractivity contribution < 1.29 is 19.1 Å². The summed E-state index contributed by atoms with van der Waals surface area (Å²) in [6, 6.07) is 5.88. The van der Waals surface area contributed by atoms with Gasteiger partial charge in [0.15, 0.2) is 0 Å². The maximum atomic E-state index is 12.2. The van der Waals surface area contributed by atoms with Gasteiger partial charge in [0.25, 0.3) is 0 Å². The molecular formula is C34H45N3O4. The molecule has 1 saturated heterocycles. The van der Waals surface area contributed by atoms with Crippen molar-refractivity contribution >= 4 is 34.6 Å². The monoisotopic (exact) mass is 559 g/mol. The van der Waals surface area contributed by atoms with Gasteiger partial charge in [-0.25, -0.2) is 0 Å². The van der Waals surface area contributed by atoms with Crippen molar-refractivity contribution in [1.29, 1.82) is 0 Å². The Labute approximate surface area is 244 Å². The van der Waals surface area contributed by atoms with Gasteiger partial charge in [0, 0.05) is 47.4 Å². The van der Waals surface area contributed by atoms with Gasteiger partial charge in [-0.05, 0) is 68.6 Å². The highest BCUT2D eigenvalue weighted by Crippen LogP contribution is 2.42. The molecule has 1 aliphatic heterocycles. The average Bonchev–Trinajstić information content (AvgIpc) is 3.30. The first kappa shape index (κ1) is 31.8. The van der Waals surface area contributed by atoms with Crippen molar-refractivity contribution in [2.75, 3.05) is 13.2 Å². The van der Waals surface area contributed by atoms with Gasteiger partial charge in [0.05, 0.1) is 6.54 Å². The van der Waals surface area contributed by atoms with Crippen molar-refractivity contribution in [3.05, 3.63) is 77.6 Å². The number of benzene rings is 1. The number of nitrogens with zero attached hydrogens (tertiary/aromatic N) is 1. The van der Waals surface area contributed by atoms with Gasteiger partial charge >= 0.3 is 0 Å². The lowest BCUT2D eigenvalue weighted by atomic mass is 9.82. The largest absolute Gasteiger partial charge is 0.381 e. The SMILES string of the molecule is C=C/C=C/C=C(\Cn1c(/C(C)=C/C)c(C2CCCCC2)c2ccc(C=O)cc21)C(N)=O.NC(=O)CC1CCOCC1. The van der Waals surface area contributed by atoms with Gasteiger partial charge in [0.2, 0.25) is 11.8 Å². The molecule has 1 aromatic heterocycles. The fourth-order valence-corrected chi connectivity index (χ4v) is 5.87. The Morgan fingerprint density at radius 1 is 1.07 bits per heavy atom. The fourth-order valence-electron chi connectivity index (χ4n) is 5.87. The topological polar surface area (TPSA) is 117 Å². The first-order valence-electron chi connectivity index (χ1n) is 14.7. The van der Waals surface area contributed by atoms with Gasteiger partial charge in [-0.1, -0.05) is 68.4 Å². The number of ether oxygens (including phenoxy) is 1. The molecule has 1 aromatic carbocycles. The molecule has 7 heteroatoms. The van der Waals surface area contributed by atoms with Crippen LogP contribution in [0.2, 0.25) is 0 Å². The van der Waals surface area contributed by atoms with E-state index in [0.717, 1.165) is 49.1 Å². The summed E-state index contributed by atoms with van der Waals surface area (Å²) in [4.78, 5) is 34.2. The zero-order valence-electron chi connectivity index (χ0n) is 24.6. The molecule has 4 rings (SSSR count). The number of hydrogen-bond acceptors (Lipinski definition) is 4. The molecule has 0 spiro atoms. The maximum absolute atomic E-state index is 12.2. The van der Waals surface area contributed by atoms with E-state index in [9.17, 15) is 14.4 Å². The van der Waals surface area contributed by atoms with E-state index in [1.54, 1.807) is 24.3 Å². The van der Waals surface area contributed by atoms with Crippen molar-refractivity contribution in [1.82, 2.24) is 4.57 Å². The third kappa shape index (κ3) is 8.64. The Hall–Kier alpha value is -3.71. The average molecular weight is 560 g/mol. The lowest BCUT2D eigenvalue weighted by molar-refractivity contribution is -0.119. The predicted octanol–water partition coefficient (Wildman–Crippen LogP) is 6.37. The minimum absolute atomic E-state index is 0.188. The smallest absolute Gasteiger partial charge is 0.246 e. The van der Waals surface area contributed by atoms with Crippen LogP contribution in [0.5, 0.6) is 0 Å². The number of allylic oxidation sites excluding steroid dienone is 6. The quantitative estimate of drug-likeness (QED) is 0.200. The highest BCUT2D eigenvalue weighted by molar-refractivity contribution is 5.96. The van der Waals surface area contributed by atoms with Crippen molar-refractivity contribution in [2.45, 2.75) is 77.7 Å². The second kappa shape index (κ2) is 15.9. The van der Waals surface area contributed by atoms with Crippen LogP contribution in [0.25, 0.3) is 16.5 Å². The van der Waals surface area contributed by atoms with Crippen LogP contribution in [-0.4, -0.2) is 35.9 Å². The van der Waals surface area contributed by atoms with Crippen LogP contribution in [-0.2, 0) is 20.9 Å². The van der Waals surface area contributed by atoms with Gasteiger partial charge in [-0.2, -0.15) is 0 Å². The van der Waals surface area contributed by atoms with E-state index in [0.29, 0.717) is 35.9 Å². The summed E-state index contributed by atoms with van der Waals surface area (Å²) in [7, 11) is 0. The third-order valence-electron chi connectivity index (χ3n) is 8.10. The van der Waals surface area contributed by atoms with Crippen LogP contribution in [0.3, 0.4) is 0 Å². The van der Waals surface area contributed by atoms with Gasteiger partial charge in [-0.3, -0.25) is 14.4 Å². The summed E-state index contributed by atoms with van der Waals surface area (Å²) in [5.41, 5.74) is 16.5. The van der Waals surface area contributed by atoms with E-state index in [4.69, 9.17) is 16.2 Å². The number of nitrogens with two attached hydrogens (primary N) is 2. The Kier molecular flexibility index (Phi) is 12.3. The molecule has 0 radical (unpaired) electrons. The minimum atomic E-state index is -0.453. The Morgan fingerprint density at radius 2 is 1.78 bits per heavy atom. The maximum Gasteiger partial charge on any atom is 0.246 e. The molecule has 220 valence electrons. The van der Waals surface area contributed by atoms with Crippen molar-refractivity contribution in [3.63, 3.8) is 0 Å². The number of aromatic nitrogens is 1. The lowest BCUT2D eigenvalue weighted by Crippen LogP contribution is -2.22. The van der Waals surface area contributed by atoms with E-state index < -0.39 is 5.91 Å². The van der Waals surface area contributed by atoms with E-state index >= 15 is 0 Å². The molecule has 1 aliphatic carbocycles. The van der Waals surface area contributed by atoms with Gasteiger partial charge in [0.1, 0.15) is 6.29 Å². The molecule has 2 aromatic rings. The zero-order valence-corrected chi connectivity index (χ0v) is 24.6. The summed E-state index contributed by atoms with van der Waals surface area (Å²) < 4.78 is 7.30. The summed E-state index contributed by atoms with van der Waals surface area (Å²) >= 11 is 0. The molecule has 2 amide bonds. The second-order valence-electron chi connectivity index (χ2n) is 11.0. The van der Waals surface area contributed by atoms with E-state index in [1.807, 2.05) is 19.1 Å². The number of carbonyl (C=O) groups excluding carboxylic acids is 3. The highest BCUT2D eigenvalue weighted by Gasteiger charge is 2.27. The number of carbonyl (C=O) groups is 3. The van der Waals surface area contributed by atoms with Crippen LogP contribution in [0.4, 0.5) is 0 Å². The molecule has 7 nitrogen and oxygen atoms in total. The second-order valence-corrected chi connectivity index (χ2v) is 11.0. The van der Waals surface area contributed by atoms with E-state index in [2.05, 4.69) is 30.2 Å². The standard InChI is InChI=1S/C27H32N2O2.C7H13NO2/c1-4-6-8-13-22(27(28)31)17-29-24-16-20(18-30)14-15-23(24)25(26(29)19(3)5-2)21-11-9-7-10-12-21;8-7(9)5-6-1-3-10-4-2-6/h4-6,8,13-16,18,21H,1,7,9-12,17H2,2-3H3,(H2,28,31);6H,1-5H2,(H2,8,9)/b8-6+,19-5+,22-13+;. The molecule has 2 heterocycles. The predicted molar refractivity (Wildman–Crippen MR) is 166 cm³/mol. The minimum Gasteiger partial charge on any atom is -0.381 e. The molecule has 1 saturated carbocycles. The Bertz CT molecular complexity index is 1320. The summed E-state index contributed by atoms with van der Waals surface area (Å²) in [6.45, 7) is 9.75. The number of hydrogen-bond donors (Lipinski definition) is 2. The Balaban J connectivity index is 0.000000389. The number of primary amides is 2. The van der Waals surface area contributed by atoms with E-state index in [1.165, 1.54) is 43.1 Å². The molecule has 0 unspecified atom stereocenters. The zero-order chi connectivity index (χ0) is 29.8. The van der Waals surface area contributed by atoms with Crippen LogP contribution in [0, 0.1) is 5.92 Å². The highest BCUT2D eigenvalue weighted by atomic mass is 16.5. The third-order valence-corrected chi connectivity index (χ3v) is 8.10. The van der Waals surface area contributed by atoms with Crippen LogP contribution < -0.4 is 11.5 Å². The Morgan fingerprint density at radius 3 is 2.37 bits per heavy atom. The first-order chi connectivity index (χ1) is 19.8. The van der Waals surface area contributed by atoms with Crippen molar-refractivity contribution in [3.8, 4) is 0 Å². The number of aldehydes is 1. The molecule has 2 fully saturated rings. The van der Waals surface area contributed by atoms with Crippen LogP contribution in [0.1, 0.15) is 92.7 Å². The molecule has 2 aliphatic rings. The number of fused-ring (bicyclic) bond motifs is 1. The molecule has 0 atom stereocenters. The fraction of sp³-hybridized carbons (Fsp3) is 0.441. The molecule has 41 heavy (non-hydrogen) atoms. The summed E-state index contributed by atoms with van der Waals surface area (Å²) in [5.74, 6) is 0.315. The first-order valence-corrected chi connectivity index (χ1v) is 14.7. The number of amides is 2.